The van der Waals surface area contributed by atoms with Gasteiger partial charge >= 0.3 is 0 Å². The zero-order valence-electron chi connectivity index (χ0n) is 10.5. The average molecular weight is 290 g/mol. The lowest BCUT2D eigenvalue weighted by atomic mass is 10.1. The molecule has 0 heterocycles. The minimum absolute atomic E-state index is 0.523. The minimum Gasteiger partial charge on any atom is -0.385 e. The first-order valence-electron chi connectivity index (χ1n) is 5.62. The quantitative estimate of drug-likeness (QED) is 0.610. The zero-order valence-corrected chi connectivity index (χ0v) is 12.0. The van der Waals surface area contributed by atoms with Gasteiger partial charge in [-0.2, -0.15) is 0 Å². The van der Waals surface area contributed by atoms with Crippen molar-refractivity contribution < 1.29 is 9.57 Å². The van der Waals surface area contributed by atoms with E-state index in [9.17, 15) is 0 Å². The Bertz CT molecular complexity index is 408. The highest BCUT2D eigenvalue weighted by Crippen LogP contribution is 2.25. The van der Waals surface area contributed by atoms with Gasteiger partial charge in [-0.25, -0.2) is 0 Å². The molecule has 5 heteroatoms. The van der Waals surface area contributed by atoms with E-state index in [0.29, 0.717) is 10.0 Å². The van der Waals surface area contributed by atoms with E-state index < -0.39 is 0 Å². The molecule has 0 unspecified atom stereocenters. The Morgan fingerprint density at radius 1 is 1.28 bits per heavy atom. The van der Waals surface area contributed by atoms with Gasteiger partial charge in [0.1, 0.15) is 0 Å². The van der Waals surface area contributed by atoms with Crippen LogP contribution in [0.3, 0.4) is 0 Å². The normalized spacial score (nSPS) is 11.7. The lowest BCUT2D eigenvalue weighted by Crippen LogP contribution is -2.10. The van der Waals surface area contributed by atoms with Crippen molar-refractivity contribution in [1.29, 1.82) is 0 Å². The summed E-state index contributed by atoms with van der Waals surface area (Å²) in [6.07, 6.45) is 3.88. The topological polar surface area (TPSA) is 30.5 Å². The van der Waals surface area contributed by atoms with Gasteiger partial charge < -0.3 is 4.74 Å². The first kappa shape index (κ1) is 15.3. The van der Waals surface area contributed by atoms with Gasteiger partial charge in [0.05, 0.1) is 22.9 Å². The summed E-state index contributed by atoms with van der Waals surface area (Å²) in [7, 11) is 3.26. The van der Waals surface area contributed by atoms with E-state index in [1.807, 2.05) is 12.1 Å². The summed E-state index contributed by atoms with van der Waals surface area (Å²) in [6.45, 7) is 0.734. The Kier molecular flexibility index (Phi) is 7.13. The van der Waals surface area contributed by atoms with E-state index >= 15 is 0 Å². The van der Waals surface area contributed by atoms with Crippen molar-refractivity contribution in [2.45, 2.75) is 12.8 Å². The maximum atomic E-state index is 5.99. The van der Waals surface area contributed by atoms with E-state index in [2.05, 4.69) is 5.48 Å². The molecule has 1 aromatic carbocycles. The van der Waals surface area contributed by atoms with Gasteiger partial charge in [-0.05, 0) is 25.0 Å². The lowest BCUT2D eigenvalue weighted by molar-refractivity contribution is 0.136. The summed E-state index contributed by atoms with van der Waals surface area (Å²) in [5, 5.41) is 1.06. The fraction of sp³-hybridized carbons (Fsp3) is 0.385. The van der Waals surface area contributed by atoms with Crippen LogP contribution in [-0.4, -0.2) is 20.8 Å². The largest absolute Gasteiger partial charge is 0.385 e. The third-order valence-corrected chi connectivity index (χ3v) is 3.08. The van der Waals surface area contributed by atoms with Gasteiger partial charge in [0.25, 0.3) is 0 Å². The van der Waals surface area contributed by atoms with Gasteiger partial charge in [-0.1, -0.05) is 35.3 Å². The molecule has 0 aliphatic rings. The highest BCUT2D eigenvalue weighted by molar-refractivity contribution is 6.42. The molecule has 18 heavy (non-hydrogen) atoms. The summed E-state index contributed by atoms with van der Waals surface area (Å²) in [4.78, 5) is 4.96. The van der Waals surface area contributed by atoms with Crippen molar-refractivity contribution in [3.63, 3.8) is 0 Å². The number of hydrogen-bond donors (Lipinski definition) is 1. The Morgan fingerprint density at radius 2 is 2.06 bits per heavy atom. The number of allylic oxidation sites excluding steroid dienone is 1. The monoisotopic (exact) mass is 289 g/mol. The van der Waals surface area contributed by atoms with Gasteiger partial charge in [-0.15, -0.1) is 0 Å². The number of benzene rings is 1. The molecule has 0 spiro atoms. The van der Waals surface area contributed by atoms with E-state index in [0.717, 1.165) is 30.7 Å². The number of ether oxygens (including phenoxy) is 1. The molecular formula is C13H17Cl2NO2. The summed E-state index contributed by atoms with van der Waals surface area (Å²) in [5.74, 6) is 0. The molecule has 0 bridgehead atoms. The van der Waals surface area contributed by atoms with Crippen molar-refractivity contribution >= 4 is 28.9 Å². The number of nitrogens with one attached hydrogen (secondary N) is 1. The van der Waals surface area contributed by atoms with Crippen molar-refractivity contribution in [3.05, 3.63) is 39.9 Å². The third-order valence-electron chi connectivity index (χ3n) is 2.34. The van der Waals surface area contributed by atoms with E-state index in [1.165, 1.54) is 0 Å². The molecule has 0 aliphatic carbocycles. The van der Waals surface area contributed by atoms with E-state index in [4.69, 9.17) is 32.8 Å². The standard InChI is InChI=1S/C13H17Cl2NO2/c1-17-8-4-3-5-13(16-18-2)10-6-7-11(14)12(15)9-10/h5-7,9,16H,3-4,8H2,1-2H3. The maximum Gasteiger partial charge on any atom is 0.0637 e. The van der Waals surface area contributed by atoms with Crippen LogP contribution in [0.4, 0.5) is 0 Å². The van der Waals surface area contributed by atoms with Crippen LogP contribution in [-0.2, 0) is 9.57 Å². The molecule has 1 aromatic rings. The minimum atomic E-state index is 0.523. The molecule has 0 amide bonds. The van der Waals surface area contributed by atoms with Gasteiger partial charge in [0.15, 0.2) is 0 Å². The van der Waals surface area contributed by atoms with Crippen LogP contribution in [0.2, 0.25) is 10.0 Å². The van der Waals surface area contributed by atoms with Crippen molar-refractivity contribution in [1.82, 2.24) is 5.48 Å². The Hall–Kier alpha value is -0.740. The molecule has 0 aliphatic heterocycles. The molecule has 0 saturated heterocycles. The predicted octanol–water partition coefficient (Wildman–Crippen LogP) is 3.91. The summed E-state index contributed by atoms with van der Waals surface area (Å²) < 4.78 is 5.00. The maximum absolute atomic E-state index is 5.99. The highest BCUT2D eigenvalue weighted by Gasteiger charge is 2.04. The van der Waals surface area contributed by atoms with Crippen LogP contribution in [0.5, 0.6) is 0 Å². The van der Waals surface area contributed by atoms with Crippen molar-refractivity contribution in [2.75, 3.05) is 20.8 Å². The second-order valence-corrected chi connectivity index (χ2v) is 4.50. The van der Waals surface area contributed by atoms with Crippen LogP contribution >= 0.6 is 23.2 Å². The van der Waals surface area contributed by atoms with Gasteiger partial charge in [0.2, 0.25) is 0 Å². The number of hydrogen-bond acceptors (Lipinski definition) is 3. The molecule has 0 saturated carbocycles. The highest BCUT2D eigenvalue weighted by atomic mass is 35.5. The molecule has 100 valence electrons. The molecule has 1 N–H and O–H groups in total. The number of methoxy groups -OCH3 is 1. The van der Waals surface area contributed by atoms with Crippen LogP contribution < -0.4 is 5.48 Å². The van der Waals surface area contributed by atoms with Crippen molar-refractivity contribution in [3.8, 4) is 0 Å². The SMILES string of the molecule is COCCCC=C(NOC)c1ccc(Cl)c(Cl)c1. The number of unbranched alkanes of at least 4 members (excludes halogenated alkanes) is 1. The van der Waals surface area contributed by atoms with E-state index in [1.54, 1.807) is 26.4 Å². The molecule has 0 atom stereocenters. The first-order valence-corrected chi connectivity index (χ1v) is 6.38. The van der Waals surface area contributed by atoms with Crippen molar-refractivity contribution in [2.24, 2.45) is 0 Å². The van der Waals surface area contributed by atoms with Gasteiger partial charge in [-0.3, -0.25) is 10.3 Å². The van der Waals surface area contributed by atoms with Crippen LogP contribution in [0.25, 0.3) is 5.70 Å². The molecule has 0 radical (unpaired) electrons. The Balaban J connectivity index is 2.79. The fourth-order valence-electron chi connectivity index (χ4n) is 1.47. The predicted molar refractivity (Wildman–Crippen MR) is 75.7 cm³/mol. The van der Waals surface area contributed by atoms with Crippen LogP contribution in [0.1, 0.15) is 18.4 Å². The summed E-state index contributed by atoms with van der Waals surface area (Å²) in [6, 6.07) is 5.46. The Labute approximate surface area is 118 Å². The Morgan fingerprint density at radius 3 is 2.67 bits per heavy atom. The summed E-state index contributed by atoms with van der Waals surface area (Å²) in [5.41, 5.74) is 4.64. The third kappa shape index (κ3) is 4.86. The fourth-order valence-corrected chi connectivity index (χ4v) is 1.76. The molecule has 0 fully saturated rings. The summed E-state index contributed by atoms with van der Waals surface area (Å²) >= 11 is 11.9. The number of rotatable bonds is 7. The first-order chi connectivity index (χ1) is 8.69. The van der Waals surface area contributed by atoms with Crippen LogP contribution in [0, 0.1) is 0 Å². The smallest absolute Gasteiger partial charge is 0.0637 e. The molecule has 1 rings (SSSR count). The second-order valence-electron chi connectivity index (χ2n) is 3.69. The molecule has 3 nitrogen and oxygen atoms in total. The van der Waals surface area contributed by atoms with E-state index in [-0.39, 0.29) is 0 Å². The second kappa shape index (κ2) is 8.38. The van der Waals surface area contributed by atoms with Crippen LogP contribution in [0.15, 0.2) is 24.3 Å². The lowest BCUT2D eigenvalue weighted by Gasteiger charge is -2.10. The number of hydroxylamine groups is 1. The number of halogens is 2. The average Bonchev–Trinajstić information content (AvgIpc) is 2.37. The molecular weight excluding hydrogens is 273 g/mol. The molecule has 0 aromatic heterocycles. The zero-order chi connectivity index (χ0) is 13.4. The van der Waals surface area contributed by atoms with Gasteiger partial charge in [0, 0.05) is 19.3 Å².